The average molecular weight is 526 g/mol. The number of nitrogens with zero attached hydrogens (tertiary/aromatic N) is 2. The van der Waals surface area contributed by atoms with Gasteiger partial charge in [-0.25, -0.2) is 4.98 Å². The van der Waals surface area contributed by atoms with Crippen molar-refractivity contribution in [1.82, 2.24) is 9.55 Å². The maximum absolute atomic E-state index is 13.4. The van der Waals surface area contributed by atoms with Gasteiger partial charge in [-0.05, 0) is 58.2 Å². The summed E-state index contributed by atoms with van der Waals surface area (Å²) in [6.45, 7) is 9.32. The number of hydrogen-bond acceptors (Lipinski definition) is 7. The predicted molar refractivity (Wildman–Crippen MR) is 148 cm³/mol. The molecule has 0 aliphatic rings. The Morgan fingerprint density at radius 3 is 2.38 bits per heavy atom. The topological polar surface area (TPSA) is 99.5 Å². The molecule has 1 heterocycles. The van der Waals surface area contributed by atoms with Gasteiger partial charge in [-0.2, -0.15) is 0 Å². The van der Waals surface area contributed by atoms with Gasteiger partial charge in [-0.1, -0.05) is 42.5 Å². The molecule has 3 rings (SSSR count). The first kappa shape index (κ1) is 28.4. The minimum atomic E-state index is -2.94. The van der Waals surface area contributed by atoms with E-state index >= 15 is 0 Å². The van der Waals surface area contributed by atoms with E-state index in [4.69, 9.17) is 9.26 Å². The first-order valence-corrected chi connectivity index (χ1v) is 14.5. The zero-order valence-corrected chi connectivity index (χ0v) is 23.1. The quantitative estimate of drug-likeness (QED) is 0.217. The standard InChI is InChI=1S/C28H36N3O5P/c1-6-35-37(5,34)23-16-14-22(15-17-23)26-30-19-24(29-18-10-13-21-11-8-7-9-12-21)27(33)31(26)20-25(32)36-28(2,3)4/h7-9,11-12,14-17,19,29H,6,10,13,18,20H2,1-5H3. The van der Waals surface area contributed by atoms with Gasteiger partial charge in [-0.3, -0.25) is 18.7 Å². The van der Waals surface area contributed by atoms with Crippen molar-refractivity contribution in [2.45, 2.75) is 52.7 Å². The van der Waals surface area contributed by atoms with E-state index in [2.05, 4.69) is 22.4 Å². The second-order valence-corrected chi connectivity index (χ2v) is 12.3. The van der Waals surface area contributed by atoms with Crippen LogP contribution in [0.5, 0.6) is 0 Å². The van der Waals surface area contributed by atoms with Crippen LogP contribution in [0.25, 0.3) is 11.4 Å². The van der Waals surface area contributed by atoms with Crippen molar-refractivity contribution in [3.63, 3.8) is 0 Å². The second kappa shape index (κ2) is 12.3. The first-order chi connectivity index (χ1) is 17.5. The zero-order valence-electron chi connectivity index (χ0n) is 22.2. The number of aryl methyl sites for hydroxylation is 1. The van der Waals surface area contributed by atoms with Gasteiger partial charge in [0.25, 0.3) is 5.56 Å². The number of carbonyl (C=O) groups is 1. The summed E-state index contributed by atoms with van der Waals surface area (Å²) in [4.78, 5) is 30.6. The average Bonchev–Trinajstić information content (AvgIpc) is 2.83. The third-order valence-electron chi connectivity index (χ3n) is 5.52. The van der Waals surface area contributed by atoms with Crippen molar-refractivity contribution < 1.29 is 18.6 Å². The van der Waals surface area contributed by atoms with E-state index in [1.807, 2.05) is 18.2 Å². The van der Waals surface area contributed by atoms with E-state index in [-0.39, 0.29) is 12.1 Å². The highest BCUT2D eigenvalue weighted by Crippen LogP contribution is 2.41. The number of esters is 1. The van der Waals surface area contributed by atoms with Crippen LogP contribution in [0.2, 0.25) is 0 Å². The number of rotatable bonds is 11. The Kier molecular flexibility index (Phi) is 9.46. The van der Waals surface area contributed by atoms with Crippen LogP contribution in [0.3, 0.4) is 0 Å². The lowest BCUT2D eigenvalue weighted by Gasteiger charge is -2.21. The van der Waals surface area contributed by atoms with E-state index in [0.717, 1.165) is 12.8 Å². The normalized spacial score (nSPS) is 13.1. The van der Waals surface area contributed by atoms with Crippen LogP contribution >= 0.6 is 7.37 Å². The molecule has 0 amide bonds. The van der Waals surface area contributed by atoms with Gasteiger partial charge < -0.3 is 14.6 Å². The summed E-state index contributed by atoms with van der Waals surface area (Å²) in [5.74, 6) is -0.218. The fourth-order valence-electron chi connectivity index (χ4n) is 3.86. The lowest BCUT2D eigenvalue weighted by atomic mass is 10.1. The summed E-state index contributed by atoms with van der Waals surface area (Å²) >= 11 is 0. The molecule has 198 valence electrons. The Hall–Kier alpha value is -3.22. The molecule has 0 saturated heterocycles. The van der Waals surface area contributed by atoms with E-state index in [9.17, 15) is 14.2 Å². The lowest BCUT2D eigenvalue weighted by molar-refractivity contribution is -0.155. The molecule has 0 radical (unpaired) electrons. The van der Waals surface area contributed by atoms with Crippen LogP contribution in [0, 0.1) is 0 Å². The molecule has 37 heavy (non-hydrogen) atoms. The maximum Gasteiger partial charge on any atom is 0.326 e. The third kappa shape index (κ3) is 8.14. The van der Waals surface area contributed by atoms with Gasteiger partial charge in [0.05, 0.1) is 12.8 Å². The molecule has 0 bridgehead atoms. The molecule has 1 atom stereocenters. The highest BCUT2D eigenvalue weighted by Gasteiger charge is 2.22. The van der Waals surface area contributed by atoms with Gasteiger partial charge >= 0.3 is 5.97 Å². The molecule has 3 aromatic rings. The highest BCUT2D eigenvalue weighted by atomic mass is 31.2. The van der Waals surface area contributed by atoms with Crippen LogP contribution in [-0.2, 0) is 31.6 Å². The van der Waals surface area contributed by atoms with Gasteiger partial charge in [0.15, 0.2) is 0 Å². The Balaban J connectivity index is 1.87. The summed E-state index contributed by atoms with van der Waals surface area (Å²) in [5, 5.41) is 3.73. The smallest absolute Gasteiger partial charge is 0.326 e. The minimum Gasteiger partial charge on any atom is -0.459 e. The largest absolute Gasteiger partial charge is 0.459 e. The van der Waals surface area contributed by atoms with Gasteiger partial charge in [0.1, 0.15) is 23.7 Å². The molecule has 1 unspecified atom stereocenters. The third-order valence-corrected chi connectivity index (χ3v) is 7.51. The van der Waals surface area contributed by atoms with Gasteiger partial charge in [0, 0.05) is 24.1 Å². The molecule has 2 aromatic carbocycles. The monoisotopic (exact) mass is 525 g/mol. The van der Waals surface area contributed by atoms with Crippen molar-refractivity contribution in [1.29, 1.82) is 0 Å². The first-order valence-electron chi connectivity index (χ1n) is 12.4. The molecule has 8 nitrogen and oxygen atoms in total. The van der Waals surface area contributed by atoms with Crippen molar-refractivity contribution in [2.24, 2.45) is 0 Å². The summed E-state index contributed by atoms with van der Waals surface area (Å²) in [7, 11) is -2.94. The molecule has 1 N–H and O–H groups in total. The van der Waals surface area contributed by atoms with Crippen LogP contribution in [0.15, 0.2) is 65.6 Å². The SMILES string of the molecule is CCOP(C)(=O)c1ccc(-c2ncc(NCCCc3ccccc3)c(=O)n2CC(=O)OC(C)(C)C)cc1. The molecule has 0 spiro atoms. The Morgan fingerprint density at radius 2 is 1.76 bits per heavy atom. The van der Waals surface area contributed by atoms with Gasteiger partial charge in [0.2, 0.25) is 7.37 Å². The maximum atomic E-state index is 13.4. The second-order valence-electron chi connectivity index (χ2n) is 9.80. The van der Waals surface area contributed by atoms with E-state index in [1.165, 1.54) is 16.3 Å². The Bertz CT molecular complexity index is 1300. The zero-order chi connectivity index (χ0) is 27.1. The number of nitrogens with one attached hydrogen (secondary N) is 1. The van der Waals surface area contributed by atoms with Crippen LogP contribution in [-0.4, -0.2) is 40.9 Å². The van der Waals surface area contributed by atoms with Crippen LogP contribution in [0.4, 0.5) is 5.69 Å². The van der Waals surface area contributed by atoms with Crippen molar-refractivity contribution in [3.05, 3.63) is 76.7 Å². The molecular weight excluding hydrogens is 489 g/mol. The molecule has 0 saturated carbocycles. The fraction of sp³-hybridized carbons (Fsp3) is 0.393. The molecule has 0 aliphatic carbocycles. The summed E-state index contributed by atoms with van der Waals surface area (Å²) in [5.41, 5.74) is 1.09. The van der Waals surface area contributed by atoms with E-state index in [1.54, 1.807) is 58.6 Å². The molecule has 0 fully saturated rings. The number of carbonyl (C=O) groups excluding carboxylic acids is 1. The summed E-state index contributed by atoms with van der Waals surface area (Å²) in [6.07, 6.45) is 3.20. The number of benzene rings is 2. The number of hydrogen-bond donors (Lipinski definition) is 1. The highest BCUT2D eigenvalue weighted by molar-refractivity contribution is 7.66. The molecule has 9 heteroatoms. The predicted octanol–water partition coefficient (Wildman–Crippen LogP) is 4.87. The molecule has 1 aromatic heterocycles. The number of aromatic nitrogens is 2. The van der Waals surface area contributed by atoms with Gasteiger partial charge in [-0.15, -0.1) is 0 Å². The Labute approximate surface area is 218 Å². The molecular formula is C28H36N3O5P. The van der Waals surface area contributed by atoms with Crippen molar-refractivity contribution >= 4 is 24.3 Å². The van der Waals surface area contributed by atoms with Crippen molar-refractivity contribution in [3.8, 4) is 11.4 Å². The number of ether oxygens (including phenoxy) is 1. The fourth-order valence-corrected chi connectivity index (χ4v) is 5.19. The van der Waals surface area contributed by atoms with Crippen LogP contribution < -0.4 is 16.2 Å². The van der Waals surface area contributed by atoms with E-state index in [0.29, 0.717) is 35.5 Å². The summed E-state index contributed by atoms with van der Waals surface area (Å²) in [6, 6.07) is 17.0. The lowest BCUT2D eigenvalue weighted by Crippen LogP contribution is -2.33. The van der Waals surface area contributed by atoms with Crippen LogP contribution in [0.1, 0.15) is 39.7 Å². The minimum absolute atomic E-state index is 0.287. The number of anilines is 1. The van der Waals surface area contributed by atoms with Crippen molar-refractivity contribution in [2.75, 3.05) is 25.1 Å². The Morgan fingerprint density at radius 1 is 1.08 bits per heavy atom. The summed E-state index contributed by atoms with van der Waals surface area (Å²) < 4.78 is 25.0. The van der Waals surface area contributed by atoms with E-state index < -0.39 is 18.9 Å². The molecule has 0 aliphatic heterocycles.